The Hall–Kier alpha value is -2.47. The normalized spacial score (nSPS) is 15.5. The number of ether oxygens (including phenoxy) is 1. The topological polar surface area (TPSA) is 38.3 Å². The van der Waals surface area contributed by atoms with Gasteiger partial charge in [-0.3, -0.25) is 4.79 Å². The van der Waals surface area contributed by atoms with E-state index in [0.29, 0.717) is 48.6 Å². The van der Waals surface area contributed by atoms with Gasteiger partial charge >= 0.3 is 6.18 Å². The Kier molecular flexibility index (Phi) is 6.29. The van der Waals surface area contributed by atoms with Crippen LogP contribution in [0.1, 0.15) is 29.5 Å². The number of allylic oxidation sites excluding steroid dienone is 1. The quantitative estimate of drug-likeness (QED) is 0.698. The zero-order valence-corrected chi connectivity index (χ0v) is 15.7. The lowest BCUT2D eigenvalue weighted by Gasteiger charge is -2.13. The number of amides is 1. The van der Waals surface area contributed by atoms with Gasteiger partial charge in [0, 0.05) is 23.2 Å². The van der Waals surface area contributed by atoms with Crippen LogP contribution in [0.2, 0.25) is 5.02 Å². The molecule has 0 fully saturated rings. The Balaban J connectivity index is 1.71. The molecule has 148 valence electrons. The van der Waals surface area contributed by atoms with Crippen molar-refractivity contribution >= 4 is 23.1 Å². The molecule has 0 radical (unpaired) electrons. The average Bonchev–Trinajstić information content (AvgIpc) is 2.84. The van der Waals surface area contributed by atoms with E-state index in [1.54, 1.807) is 6.07 Å². The molecular weight excluding hydrogens is 391 g/mol. The third kappa shape index (κ3) is 5.07. The van der Waals surface area contributed by atoms with Crippen LogP contribution in [0.15, 0.2) is 48.5 Å². The van der Waals surface area contributed by atoms with E-state index in [-0.39, 0.29) is 11.7 Å². The fourth-order valence-electron chi connectivity index (χ4n) is 3.04. The van der Waals surface area contributed by atoms with E-state index >= 15 is 0 Å². The number of alkyl halides is 3. The van der Waals surface area contributed by atoms with Gasteiger partial charge in [0.05, 0.1) is 12.2 Å². The summed E-state index contributed by atoms with van der Waals surface area (Å²) in [5, 5.41) is 3.44. The number of carbonyl (C=O) groups is 1. The van der Waals surface area contributed by atoms with Crippen LogP contribution in [0.25, 0.3) is 5.57 Å². The maximum Gasteiger partial charge on any atom is 0.416 e. The summed E-state index contributed by atoms with van der Waals surface area (Å²) in [5.74, 6) is -0.141. The summed E-state index contributed by atoms with van der Waals surface area (Å²) in [4.78, 5) is 12.3. The molecule has 2 aromatic rings. The van der Waals surface area contributed by atoms with Crippen LogP contribution in [0.4, 0.5) is 13.2 Å². The van der Waals surface area contributed by atoms with Crippen LogP contribution in [0, 0.1) is 0 Å². The van der Waals surface area contributed by atoms with Crippen LogP contribution in [0.5, 0.6) is 5.75 Å². The van der Waals surface area contributed by atoms with Gasteiger partial charge in [-0.1, -0.05) is 35.9 Å². The predicted molar refractivity (Wildman–Crippen MR) is 102 cm³/mol. The molecule has 28 heavy (non-hydrogen) atoms. The number of fused-ring (bicyclic) bond motifs is 1. The third-order valence-corrected chi connectivity index (χ3v) is 4.83. The maximum absolute atomic E-state index is 12.9. The first-order valence-electron chi connectivity index (χ1n) is 8.91. The van der Waals surface area contributed by atoms with Gasteiger partial charge in [-0.25, -0.2) is 0 Å². The van der Waals surface area contributed by atoms with E-state index in [2.05, 4.69) is 5.32 Å². The monoisotopic (exact) mass is 409 g/mol. The number of nitrogens with one attached hydrogen (secondary N) is 1. The van der Waals surface area contributed by atoms with Crippen LogP contribution < -0.4 is 10.1 Å². The molecule has 0 aliphatic carbocycles. The Bertz CT molecular complexity index is 893. The fourth-order valence-corrected chi connectivity index (χ4v) is 3.27. The third-order valence-electron chi connectivity index (χ3n) is 4.46. The van der Waals surface area contributed by atoms with E-state index < -0.39 is 11.7 Å². The van der Waals surface area contributed by atoms with E-state index in [1.807, 2.05) is 18.2 Å². The average molecular weight is 410 g/mol. The molecule has 2 aromatic carbocycles. The first kappa shape index (κ1) is 20.3. The van der Waals surface area contributed by atoms with Crippen molar-refractivity contribution in [1.82, 2.24) is 5.32 Å². The highest BCUT2D eigenvalue weighted by molar-refractivity contribution is 6.31. The second-order valence-corrected chi connectivity index (χ2v) is 6.87. The highest BCUT2D eigenvalue weighted by Gasteiger charge is 2.32. The number of rotatable bonds is 4. The van der Waals surface area contributed by atoms with Gasteiger partial charge in [-0.15, -0.1) is 0 Å². The molecular formula is C21H19ClF3NO2. The zero-order valence-electron chi connectivity index (χ0n) is 15.0. The van der Waals surface area contributed by atoms with Crippen molar-refractivity contribution in [3.05, 3.63) is 70.3 Å². The van der Waals surface area contributed by atoms with Gasteiger partial charge in [0.25, 0.3) is 0 Å². The first-order chi connectivity index (χ1) is 13.3. The van der Waals surface area contributed by atoms with Crippen LogP contribution in [0.3, 0.4) is 0 Å². The largest absolute Gasteiger partial charge is 0.493 e. The standard InChI is InChI=1S/C21H19ClF3NO2/c22-18-6-2-1-4-14(18)9-10-26-20(27)12-15-5-3-11-28-19-13-16(21(23,24)25)7-8-17(15)19/h1-2,4,6-8,12-13H,3,5,9-11H2,(H,26,27)/b15-12+. The summed E-state index contributed by atoms with van der Waals surface area (Å²) in [6.45, 7) is 0.711. The number of halogens is 4. The molecule has 1 aliphatic rings. The van der Waals surface area contributed by atoms with Gasteiger partial charge in [0.2, 0.25) is 5.91 Å². The van der Waals surface area contributed by atoms with Gasteiger partial charge in [-0.05, 0) is 48.6 Å². The van der Waals surface area contributed by atoms with Crippen LogP contribution in [-0.2, 0) is 17.4 Å². The minimum absolute atomic E-state index is 0.155. The molecule has 0 atom stereocenters. The highest BCUT2D eigenvalue weighted by Crippen LogP contribution is 2.37. The minimum Gasteiger partial charge on any atom is -0.493 e. The van der Waals surface area contributed by atoms with Crippen molar-refractivity contribution in [2.24, 2.45) is 0 Å². The number of hydrogen-bond acceptors (Lipinski definition) is 2. The van der Waals surface area contributed by atoms with Crippen molar-refractivity contribution in [3.8, 4) is 5.75 Å². The van der Waals surface area contributed by atoms with Gasteiger partial charge < -0.3 is 10.1 Å². The van der Waals surface area contributed by atoms with Crippen LogP contribution in [-0.4, -0.2) is 19.1 Å². The molecule has 0 bridgehead atoms. The molecule has 0 saturated heterocycles. The lowest BCUT2D eigenvalue weighted by Crippen LogP contribution is -2.24. The molecule has 0 saturated carbocycles. The summed E-state index contributed by atoms with van der Waals surface area (Å²) in [7, 11) is 0. The van der Waals surface area contributed by atoms with Gasteiger partial charge in [0.15, 0.2) is 0 Å². The summed E-state index contributed by atoms with van der Waals surface area (Å²) in [5.41, 5.74) is 1.35. The second-order valence-electron chi connectivity index (χ2n) is 6.46. The highest BCUT2D eigenvalue weighted by atomic mass is 35.5. The summed E-state index contributed by atoms with van der Waals surface area (Å²) in [6, 6.07) is 10.8. The summed E-state index contributed by atoms with van der Waals surface area (Å²) < 4.78 is 44.3. The van der Waals surface area contributed by atoms with E-state index in [0.717, 1.165) is 17.7 Å². The maximum atomic E-state index is 12.9. The Morgan fingerprint density at radius 3 is 2.75 bits per heavy atom. The molecule has 0 spiro atoms. The molecule has 3 nitrogen and oxygen atoms in total. The minimum atomic E-state index is -4.44. The van der Waals surface area contributed by atoms with E-state index in [4.69, 9.17) is 16.3 Å². The number of benzene rings is 2. The smallest absolute Gasteiger partial charge is 0.416 e. The number of carbonyl (C=O) groups excluding carboxylic acids is 1. The molecule has 0 aromatic heterocycles. The SMILES string of the molecule is O=C(/C=C1\CCCOc2cc(C(F)(F)F)ccc21)NCCc1ccccc1Cl. The van der Waals surface area contributed by atoms with E-state index in [1.165, 1.54) is 12.1 Å². The van der Waals surface area contributed by atoms with Crippen molar-refractivity contribution in [3.63, 3.8) is 0 Å². The Morgan fingerprint density at radius 1 is 1.21 bits per heavy atom. The Morgan fingerprint density at radius 2 is 2.00 bits per heavy atom. The van der Waals surface area contributed by atoms with Gasteiger partial charge in [-0.2, -0.15) is 13.2 Å². The summed E-state index contributed by atoms with van der Waals surface area (Å²) >= 11 is 6.10. The molecule has 1 amide bonds. The molecule has 1 N–H and O–H groups in total. The lowest BCUT2D eigenvalue weighted by atomic mass is 9.99. The molecule has 0 unspecified atom stereocenters. The zero-order chi connectivity index (χ0) is 20.1. The predicted octanol–water partition coefficient (Wildman–Crippen LogP) is 5.27. The van der Waals surface area contributed by atoms with Crippen molar-refractivity contribution < 1.29 is 22.7 Å². The van der Waals surface area contributed by atoms with Crippen molar-refractivity contribution in [2.45, 2.75) is 25.4 Å². The molecule has 3 rings (SSSR count). The van der Waals surface area contributed by atoms with Crippen molar-refractivity contribution in [1.29, 1.82) is 0 Å². The summed E-state index contributed by atoms with van der Waals surface area (Å²) in [6.07, 6.45) is -1.24. The lowest BCUT2D eigenvalue weighted by molar-refractivity contribution is -0.137. The van der Waals surface area contributed by atoms with Gasteiger partial charge in [0.1, 0.15) is 5.75 Å². The molecule has 1 aliphatic heterocycles. The molecule has 7 heteroatoms. The molecule has 1 heterocycles. The Labute approximate surface area is 166 Å². The second kappa shape index (κ2) is 8.69. The fraction of sp³-hybridized carbons (Fsp3) is 0.286. The van der Waals surface area contributed by atoms with Crippen LogP contribution >= 0.6 is 11.6 Å². The first-order valence-corrected chi connectivity index (χ1v) is 9.28. The number of hydrogen-bond donors (Lipinski definition) is 1. The van der Waals surface area contributed by atoms with Crippen molar-refractivity contribution in [2.75, 3.05) is 13.2 Å². The van der Waals surface area contributed by atoms with E-state index in [9.17, 15) is 18.0 Å².